The molecule has 0 bridgehead atoms. The highest BCUT2D eigenvalue weighted by atomic mass is 16.5. The molecule has 0 aliphatic carbocycles. The summed E-state index contributed by atoms with van der Waals surface area (Å²) in [7, 11) is 2.16. The number of aromatic amines is 1. The first-order valence-electron chi connectivity index (χ1n) is 8.27. The second-order valence-corrected chi connectivity index (χ2v) is 6.21. The molecule has 124 valence electrons. The molecule has 0 amide bonds. The van der Waals surface area contributed by atoms with Crippen LogP contribution in [0.3, 0.4) is 0 Å². The molecule has 3 rings (SSSR count). The van der Waals surface area contributed by atoms with Gasteiger partial charge in [-0.1, -0.05) is 0 Å². The number of fused-ring (bicyclic) bond motifs is 1. The second-order valence-electron chi connectivity index (χ2n) is 6.21. The first kappa shape index (κ1) is 15.9. The van der Waals surface area contributed by atoms with Crippen molar-refractivity contribution in [3.05, 3.63) is 30.0 Å². The summed E-state index contributed by atoms with van der Waals surface area (Å²) in [5.74, 6) is 1.16. The number of rotatable bonds is 5. The van der Waals surface area contributed by atoms with Gasteiger partial charge >= 0.3 is 5.97 Å². The molecule has 2 aromatic rings. The molecule has 23 heavy (non-hydrogen) atoms. The minimum absolute atomic E-state index is 0.322. The molecular weight excluding hydrogens is 292 g/mol. The van der Waals surface area contributed by atoms with Crippen LogP contribution in [0.4, 0.5) is 0 Å². The maximum Gasteiger partial charge on any atom is 0.354 e. The third-order valence-corrected chi connectivity index (χ3v) is 4.41. The van der Waals surface area contributed by atoms with Gasteiger partial charge in [0.2, 0.25) is 0 Å². The molecule has 1 fully saturated rings. The summed E-state index contributed by atoms with van der Waals surface area (Å²) in [6.07, 6.45) is 2.38. The van der Waals surface area contributed by atoms with E-state index in [-0.39, 0.29) is 5.97 Å². The maximum absolute atomic E-state index is 11.8. The second kappa shape index (κ2) is 7.04. The summed E-state index contributed by atoms with van der Waals surface area (Å²) in [4.78, 5) is 17.2. The molecule has 0 saturated carbocycles. The zero-order valence-corrected chi connectivity index (χ0v) is 13.8. The lowest BCUT2D eigenvalue weighted by Crippen LogP contribution is -2.32. The van der Waals surface area contributed by atoms with Gasteiger partial charge in [0.25, 0.3) is 0 Å². The fourth-order valence-corrected chi connectivity index (χ4v) is 2.96. The van der Waals surface area contributed by atoms with Gasteiger partial charge in [0, 0.05) is 10.9 Å². The highest BCUT2D eigenvalue weighted by molar-refractivity contribution is 5.95. The van der Waals surface area contributed by atoms with Crippen LogP contribution < -0.4 is 4.74 Å². The normalized spacial score (nSPS) is 16.6. The third kappa shape index (κ3) is 3.85. The van der Waals surface area contributed by atoms with Crippen LogP contribution in [0.25, 0.3) is 10.9 Å². The van der Waals surface area contributed by atoms with Gasteiger partial charge in [-0.05, 0) is 70.1 Å². The predicted molar refractivity (Wildman–Crippen MR) is 90.0 cm³/mol. The number of piperidine rings is 1. The van der Waals surface area contributed by atoms with Crippen molar-refractivity contribution in [1.29, 1.82) is 0 Å². The van der Waals surface area contributed by atoms with E-state index in [2.05, 4.69) is 16.9 Å². The Morgan fingerprint density at radius 2 is 2.09 bits per heavy atom. The highest BCUT2D eigenvalue weighted by Crippen LogP contribution is 2.24. The molecule has 0 radical (unpaired) electrons. The molecule has 5 heteroatoms. The number of H-pyrrole nitrogens is 1. The number of aromatic nitrogens is 1. The van der Waals surface area contributed by atoms with Crippen molar-refractivity contribution in [3.8, 4) is 5.75 Å². The maximum atomic E-state index is 11.8. The van der Waals surface area contributed by atoms with E-state index in [9.17, 15) is 4.79 Å². The summed E-state index contributed by atoms with van der Waals surface area (Å²) in [6, 6.07) is 7.68. The van der Waals surface area contributed by atoms with Gasteiger partial charge in [-0.15, -0.1) is 0 Å². The molecule has 0 spiro atoms. The average molecular weight is 316 g/mol. The molecule has 1 aliphatic rings. The average Bonchev–Trinajstić information content (AvgIpc) is 2.98. The predicted octanol–water partition coefficient (Wildman–Crippen LogP) is 3.07. The van der Waals surface area contributed by atoms with Gasteiger partial charge in [-0.2, -0.15) is 0 Å². The number of likely N-dealkylation sites (tertiary alicyclic amines) is 1. The Balaban J connectivity index is 1.64. The van der Waals surface area contributed by atoms with Gasteiger partial charge in [-0.25, -0.2) is 4.79 Å². The number of nitrogens with zero attached hydrogens (tertiary/aromatic N) is 1. The van der Waals surface area contributed by atoms with E-state index in [1.165, 1.54) is 12.8 Å². The van der Waals surface area contributed by atoms with Gasteiger partial charge in [0.05, 0.1) is 13.2 Å². The lowest BCUT2D eigenvalue weighted by atomic mass is 9.98. The molecule has 0 unspecified atom stereocenters. The molecule has 1 saturated heterocycles. The standard InChI is InChI=1S/C18H24N2O3/c1-3-22-18(21)17-11-14-10-15(4-5-16(14)19-17)23-12-13-6-8-20(2)9-7-13/h4-5,10-11,13,19H,3,6-9,12H2,1-2H3. The van der Waals surface area contributed by atoms with E-state index >= 15 is 0 Å². The number of carbonyl (C=O) groups excluding carboxylic acids is 1. The monoisotopic (exact) mass is 316 g/mol. The summed E-state index contributed by atoms with van der Waals surface area (Å²) < 4.78 is 11.0. The van der Waals surface area contributed by atoms with E-state index < -0.39 is 0 Å². The van der Waals surface area contributed by atoms with Crippen LogP contribution >= 0.6 is 0 Å². The summed E-state index contributed by atoms with van der Waals surface area (Å²) in [5.41, 5.74) is 1.40. The van der Waals surface area contributed by atoms with Gasteiger partial charge in [-0.3, -0.25) is 0 Å². The summed E-state index contributed by atoms with van der Waals surface area (Å²) in [5, 5.41) is 0.967. The van der Waals surface area contributed by atoms with Crippen molar-refractivity contribution in [2.75, 3.05) is 33.4 Å². The molecule has 1 aliphatic heterocycles. The number of carbonyl (C=O) groups is 1. The van der Waals surface area contributed by atoms with Crippen LogP contribution in [-0.2, 0) is 4.74 Å². The molecule has 2 heterocycles. The van der Waals surface area contributed by atoms with E-state index in [0.29, 0.717) is 18.2 Å². The smallest absolute Gasteiger partial charge is 0.354 e. The van der Waals surface area contributed by atoms with Crippen LogP contribution in [0.1, 0.15) is 30.3 Å². The van der Waals surface area contributed by atoms with Crippen molar-refractivity contribution in [3.63, 3.8) is 0 Å². The number of ether oxygens (including phenoxy) is 2. The highest BCUT2D eigenvalue weighted by Gasteiger charge is 2.17. The molecule has 5 nitrogen and oxygen atoms in total. The molecule has 1 N–H and O–H groups in total. The van der Waals surface area contributed by atoms with Crippen molar-refractivity contribution in [1.82, 2.24) is 9.88 Å². The first-order chi connectivity index (χ1) is 11.2. The molecular formula is C18H24N2O3. The van der Waals surface area contributed by atoms with Crippen LogP contribution in [0, 0.1) is 5.92 Å². The Morgan fingerprint density at radius 1 is 1.30 bits per heavy atom. The zero-order chi connectivity index (χ0) is 16.2. The number of esters is 1. The third-order valence-electron chi connectivity index (χ3n) is 4.41. The lowest BCUT2D eigenvalue weighted by Gasteiger charge is -2.28. The SMILES string of the molecule is CCOC(=O)c1cc2cc(OCC3CCN(C)CC3)ccc2[nH]1. The topological polar surface area (TPSA) is 54.6 Å². The molecule has 1 aromatic carbocycles. The largest absolute Gasteiger partial charge is 0.493 e. The number of hydrogen-bond donors (Lipinski definition) is 1. The summed E-state index contributed by atoms with van der Waals surface area (Å²) in [6.45, 7) is 5.23. The van der Waals surface area contributed by atoms with Crippen LogP contribution in [0.2, 0.25) is 0 Å². The zero-order valence-electron chi connectivity index (χ0n) is 13.8. The van der Waals surface area contributed by atoms with Crippen molar-refractivity contribution < 1.29 is 14.3 Å². The minimum atomic E-state index is -0.322. The summed E-state index contributed by atoms with van der Waals surface area (Å²) >= 11 is 0. The van der Waals surface area contributed by atoms with Crippen LogP contribution in [-0.4, -0.2) is 49.2 Å². The van der Waals surface area contributed by atoms with E-state index in [0.717, 1.165) is 36.3 Å². The van der Waals surface area contributed by atoms with Gasteiger partial charge in [0.1, 0.15) is 11.4 Å². The van der Waals surface area contributed by atoms with E-state index in [1.54, 1.807) is 6.92 Å². The lowest BCUT2D eigenvalue weighted by molar-refractivity contribution is 0.0520. The van der Waals surface area contributed by atoms with Crippen molar-refractivity contribution in [2.45, 2.75) is 19.8 Å². The van der Waals surface area contributed by atoms with Gasteiger partial charge in [0.15, 0.2) is 0 Å². The fraction of sp³-hybridized carbons (Fsp3) is 0.500. The minimum Gasteiger partial charge on any atom is -0.493 e. The van der Waals surface area contributed by atoms with E-state index in [1.807, 2.05) is 24.3 Å². The quantitative estimate of drug-likeness (QED) is 0.861. The van der Waals surface area contributed by atoms with Crippen molar-refractivity contribution >= 4 is 16.9 Å². The molecule has 1 aromatic heterocycles. The molecule has 0 atom stereocenters. The Kier molecular flexibility index (Phi) is 4.86. The number of benzene rings is 1. The van der Waals surface area contributed by atoms with E-state index in [4.69, 9.17) is 9.47 Å². The number of hydrogen-bond acceptors (Lipinski definition) is 4. The fourth-order valence-electron chi connectivity index (χ4n) is 2.96. The Hall–Kier alpha value is -2.01. The Morgan fingerprint density at radius 3 is 2.83 bits per heavy atom. The number of nitrogens with one attached hydrogen (secondary N) is 1. The Bertz CT molecular complexity index is 672. The Labute approximate surface area is 136 Å². The first-order valence-corrected chi connectivity index (χ1v) is 8.27. The van der Waals surface area contributed by atoms with Crippen molar-refractivity contribution in [2.24, 2.45) is 5.92 Å². The van der Waals surface area contributed by atoms with Gasteiger partial charge < -0.3 is 19.4 Å². The van der Waals surface area contributed by atoms with Crippen LogP contribution in [0.5, 0.6) is 5.75 Å². The van der Waals surface area contributed by atoms with Crippen LogP contribution in [0.15, 0.2) is 24.3 Å².